The summed E-state index contributed by atoms with van der Waals surface area (Å²) in [6, 6.07) is 5.45. The first-order valence-electron chi connectivity index (χ1n) is 9.00. The monoisotopic (exact) mass is 355 g/mol. The Morgan fingerprint density at radius 2 is 2.12 bits per heavy atom. The summed E-state index contributed by atoms with van der Waals surface area (Å²) in [5, 5.41) is 2.84. The van der Waals surface area contributed by atoms with E-state index in [0.29, 0.717) is 37.7 Å². The first kappa shape index (κ1) is 18.1. The molecule has 0 spiro atoms. The standard InChI is InChI=1S/C19H25N5O2/c1-13(2)10-17(25)24-9-8-23-12-16(22-18(23)14(24)3)19(26)21-11-15-6-4-5-7-20-15/h4-7,12-14H,8-11H2,1-3H3,(H,21,26). The van der Waals surface area contributed by atoms with E-state index in [1.165, 1.54) is 0 Å². The molecule has 0 aliphatic carbocycles. The van der Waals surface area contributed by atoms with E-state index in [4.69, 9.17) is 0 Å². The molecule has 0 fully saturated rings. The van der Waals surface area contributed by atoms with Gasteiger partial charge in [0.15, 0.2) is 0 Å². The van der Waals surface area contributed by atoms with Crippen LogP contribution in [-0.2, 0) is 17.9 Å². The second kappa shape index (κ2) is 7.68. The summed E-state index contributed by atoms with van der Waals surface area (Å²) in [4.78, 5) is 35.4. The molecule has 2 aromatic heterocycles. The zero-order valence-corrected chi connectivity index (χ0v) is 15.5. The molecule has 7 nitrogen and oxygen atoms in total. The number of hydrogen-bond acceptors (Lipinski definition) is 4. The minimum absolute atomic E-state index is 0.132. The van der Waals surface area contributed by atoms with Gasteiger partial charge in [0.25, 0.3) is 5.91 Å². The van der Waals surface area contributed by atoms with Crippen LogP contribution in [0.4, 0.5) is 0 Å². The number of imidazole rings is 1. The number of nitrogens with one attached hydrogen (secondary N) is 1. The average molecular weight is 355 g/mol. The van der Waals surface area contributed by atoms with Crippen LogP contribution < -0.4 is 5.32 Å². The van der Waals surface area contributed by atoms with Crippen molar-refractivity contribution in [3.05, 3.63) is 47.8 Å². The highest BCUT2D eigenvalue weighted by atomic mass is 16.2. The van der Waals surface area contributed by atoms with Gasteiger partial charge in [0.2, 0.25) is 5.91 Å². The summed E-state index contributed by atoms with van der Waals surface area (Å²) in [7, 11) is 0. The topological polar surface area (TPSA) is 80.1 Å². The van der Waals surface area contributed by atoms with Gasteiger partial charge in [0, 0.05) is 31.9 Å². The third-order valence-electron chi connectivity index (χ3n) is 4.52. The molecule has 0 aromatic carbocycles. The molecule has 0 radical (unpaired) electrons. The Morgan fingerprint density at radius 1 is 1.31 bits per heavy atom. The largest absolute Gasteiger partial charge is 0.345 e. The van der Waals surface area contributed by atoms with Crippen molar-refractivity contribution >= 4 is 11.8 Å². The molecule has 3 heterocycles. The lowest BCUT2D eigenvalue weighted by Gasteiger charge is -2.34. The van der Waals surface area contributed by atoms with Crippen molar-refractivity contribution in [1.82, 2.24) is 24.8 Å². The van der Waals surface area contributed by atoms with E-state index in [2.05, 4.69) is 15.3 Å². The van der Waals surface area contributed by atoms with Gasteiger partial charge in [-0.3, -0.25) is 14.6 Å². The number of carbonyl (C=O) groups is 2. The fourth-order valence-electron chi connectivity index (χ4n) is 3.17. The third kappa shape index (κ3) is 3.92. The second-order valence-electron chi connectivity index (χ2n) is 7.04. The fourth-order valence-corrected chi connectivity index (χ4v) is 3.17. The van der Waals surface area contributed by atoms with Gasteiger partial charge < -0.3 is 14.8 Å². The lowest BCUT2D eigenvalue weighted by atomic mass is 10.1. The van der Waals surface area contributed by atoms with Crippen LogP contribution in [0, 0.1) is 5.92 Å². The summed E-state index contributed by atoms with van der Waals surface area (Å²) in [6.45, 7) is 7.70. The van der Waals surface area contributed by atoms with E-state index in [-0.39, 0.29) is 17.9 Å². The lowest BCUT2D eigenvalue weighted by molar-refractivity contribution is -0.135. The Balaban J connectivity index is 1.68. The number of nitrogens with zero attached hydrogens (tertiary/aromatic N) is 4. The van der Waals surface area contributed by atoms with E-state index in [1.807, 2.05) is 48.4 Å². The summed E-state index contributed by atoms with van der Waals surface area (Å²) in [6.07, 6.45) is 3.99. The Morgan fingerprint density at radius 3 is 2.81 bits per heavy atom. The zero-order chi connectivity index (χ0) is 18.7. The van der Waals surface area contributed by atoms with Gasteiger partial charge in [-0.25, -0.2) is 4.98 Å². The normalized spacial score (nSPS) is 16.5. The van der Waals surface area contributed by atoms with E-state index in [1.54, 1.807) is 12.4 Å². The number of hydrogen-bond donors (Lipinski definition) is 1. The van der Waals surface area contributed by atoms with E-state index in [9.17, 15) is 9.59 Å². The molecule has 7 heteroatoms. The minimum atomic E-state index is -0.232. The predicted octanol–water partition coefficient (Wildman–Crippen LogP) is 2.16. The number of aromatic nitrogens is 3. The van der Waals surface area contributed by atoms with E-state index >= 15 is 0 Å². The van der Waals surface area contributed by atoms with E-state index < -0.39 is 0 Å². The molecule has 3 rings (SSSR count). The molecular formula is C19H25N5O2. The Hall–Kier alpha value is -2.70. The highest BCUT2D eigenvalue weighted by Gasteiger charge is 2.30. The molecule has 1 N–H and O–H groups in total. The summed E-state index contributed by atoms with van der Waals surface area (Å²) in [5.41, 5.74) is 1.17. The van der Waals surface area contributed by atoms with Crippen molar-refractivity contribution in [3.63, 3.8) is 0 Å². The van der Waals surface area contributed by atoms with Gasteiger partial charge in [0.1, 0.15) is 11.5 Å². The molecule has 1 unspecified atom stereocenters. The number of pyridine rings is 1. The molecule has 138 valence electrons. The van der Waals surface area contributed by atoms with Gasteiger partial charge in [-0.05, 0) is 25.0 Å². The van der Waals surface area contributed by atoms with Gasteiger partial charge in [-0.15, -0.1) is 0 Å². The lowest BCUT2D eigenvalue weighted by Crippen LogP contribution is -2.41. The van der Waals surface area contributed by atoms with Crippen molar-refractivity contribution in [3.8, 4) is 0 Å². The van der Waals surface area contributed by atoms with Crippen LogP contribution >= 0.6 is 0 Å². The zero-order valence-electron chi connectivity index (χ0n) is 15.5. The fraction of sp³-hybridized carbons (Fsp3) is 0.474. The average Bonchev–Trinajstić information content (AvgIpc) is 3.05. The van der Waals surface area contributed by atoms with Crippen LogP contribution in [0.5, 0.6) is 0 Å². The molecule has 1 atom stereocenters. The quantitative estimate of drug-likeness (QED) is 0.891. The molecule has 2 amide bonds. The predicted molar refractivity (Wildman–Crippen MR) is 97.2 cm³/mol. The number of rotatable bonds is 5. The number of fused-ring (bicyclic) bond motifs is 1. The van der Waals surface area contributed by atoms with Crippen molar-refractivity contribution in [1.29, 1.82) is 0 Å². The molecule has 1 aliphatic rings. The Kier molecular flexibility index (Phi) is 5.35. The minimum Gasteiger partial charge on any atom is -0.345 e. The highest BCUT2D eigenvalue weighted by molar-refractivity contribution is 5.92. The first-order chi connectivity index (χ1) is 12.5. The first-order valence-corrected chi connectivity index (χ1v) is 9.00. The molecule has 0 saturated carbocycles. The van der Waals surface area contributed by atoms with E-state index in [0.717, 1.165) is 11.5 Å². The molecule has 0 saturated heterocycles. The summed E-state index contributed by atoms with van der Waals surface area (Å²) in [5.74, 6) is 0.994. The highest BCUT2D eigenvalue weighted by Crippen LogP contribution is 2.26. The summed E-state index contributed by atoms with van der Waals surface area (Å²) >= 11 is 0. The van der Waals surface area contributed by atoms with Crippen molar-refractivity contribution < 1.29 is 9.59 Å². The van der Waals surface area contributed by atoms with Crippen molar-refractivity contribution in [2.45, 2.75) is 46.3 Å². The smallest absolute Gasteiger partial charge is 0.271 e. The Bertz CT molecular complexity index is 784. The van der Waals surface area contributed by atoms with Gasteiger partial charge in [0.05, 0.1) is 18.3 Å². The van der Waals surface area contributed by atoms with Crippen LogP contribution in [0.25, 0.3) is 0 Å². The SMILES string of the molecule is CC(C)CC(=O)N1CCn2cc(C(=O)NCc3ccccn3)nc2C1C. The van der Waals surface area contributed by atoms with Gasteiger partial charge in [-0.1, -0.05) is 19.9 Å². The van der Waals surface area contributed by atoms with Crippen molar-refractivity contribution in [2.75, 3.05) is 6.54 Å². The molecule has 2 aromatic rings. The summed E-state index contributed by atoms with van der Waals surface area (Å²) < 4.78 is 1.97. The van der Waals surface area contributed by atoms with Crippen LogP contribution in [-0.4, -0.2) is 37.8 Å². The molecule has 0 bridgehead atoms. The maximum absolute atomic E-state index is 12.4. The van der Waals surface area contributed by atoms with Gasteiger partial charge in [-0.2, -0.15) is 0 Å². The Labute approximate surface area is 153 Å². The van der Waals surface area contributed by atoms with Crippen LogP contribution in [0.15, 0.2) is 30.6 Å². The van der Waals surface area contributed by atoms with Gasteiger partial charge >= 0.3 is 0 Å². The van der Waals surface area contributed by atoms with Crippen molar-refractivity contribution in [2.24, 2.45) is 5.92 Å². The van der Waals surface area contributed by atoms with Crippen LogP contribution in [0.1, 0.15) is 55.2 Å². The van der Waals surface area contributed by atoms with Crippen LogP contribution in [0.2, 0.25) is 0 Å². The molecule has 26 heavy (non-hydrogen) atoms. The molecule has 1 aliphatic heterocycles. The maximum atomic E-state index is 12.4. The third-order valence-corrected chi connectivity index (χ3v) is 4.52. The molecular weight excluding hydrogens is 330 g/mol. The number of carbonyl (C=O) groups excluding carboxylic acids is 2. The second-order valence-corrected chi connectivity index (χ2v) is 7.04. The number of amides is 2. The van der Waals surface area contributed by atoms with Crippen LogP contribution in [0.3, 0.4) is 0 Å². The maximum Gasteiger partial charge on any atom is 0.271 e.